The monoisotopic (exact) mass is 397 g/mol. The molecule has 4 rings (SSSR count). The topological polar surface area (TPSA) is 43.1 Å². The molecule has 4 heteroatoms. The van der Waals surface area contributed by atoms with Gasteiger partial charge in [-0.3, -0.25) is 10.1 Å². The van der Waals surface area contributed by atoms with E-state index in [0.29, 0.717) is 0 Å². The minimum atomic E-state index is -2.17. The number of rotatable bonds is 5. The van der Waals surface area contributed by atoms with Crippen molar-refractivity contribution in [2.75, 3.05) is 0 Å². The second-order valence-electron chi connectivity index (χ2n) is 6.71. The number of nitro groups is 1. The van der Waals surface area contributed by atoms with E-state index in [1.54, 1.807) is 12.1 Å². The fourth-order valence-electron chi connectivity index (χ4n) is 3.60. The third-order valence-corrected chi connectivity index (χ3v) is 8.94. The lowest BCUT2D eigenvalue weighted by Crippen LogP contribution is -2.27. The van der Waals surface area contributed by atoms with Gasteiger partial charge in [0.05, 0.1) is 4.92 Å². The Bertz CT molecular complexity index is 1070. The largest absolute Gasteiger partial charge is 0.270 e. The zero-order chi connectivity index (χ0) is 20.1. The molecule has 0 aromatic heterocycles. The zero-order valence-corrected chi connectivity index (χ0v) is 16.7. The highest BCUT2D eigenvalue weighted by Gasteiger charge is 2.25. The molecule has 0 aliphatic carbocycles. The van der Waals surface area contributed by atoms with Crippen molar-refractivity contribution >= 4 is 34.3 Å². The maximum Gasteiger partial charge on any atom is 0.270 e. The molecule has 4 aromatic rings. The number of nitrogens with zero attached hydrogens (tertiary/aromatic N) is 1. The summed E-state index contributed by atoms with van der Waals surface area (Å²) in [5.74, 6) is 2.24. The standard InChI is InChI=1S/C25H20NO2P/c27-26(28)22-12-10-11-21(19-22)20-29(23-13-4-1-5-14-23,24-15-6-2-7-16-24)25-17-8-3-9-18-25/h1-20H. The SMILES string of the molecule is O=[N+]([O-])c1cccc(C=P(c2ccccc2)(c2ccccc2)c2ccccc2)c1. The Morgan fingerprint density at radius 3 is 1.48 bits per heavy atom. The van der Waals surface area contributed by atoms with Gasteiger partial charge in [-0.2, -0.15) is 0 Å². The molecule has 0 fully saturated rings. The van der Waals surface area contributed by atoms with Crippen LogP contribution in [0.4, 0.5) is 5.69 Å². The quantitative estimate of drug-likeness (QED) is 0.277. The summed E-state index contributed by atoms with van der Waals surface area (Å²) in [6.07, 6.45) is 0. The van der Waals surface area contributed by atoms with Gasteiger partial charge < -0.3 is 0 Å². The molecule has 0 saturated heterocycles. The Morgan fingerprint density at radius 2 is 1.07 bits per heavy atom. The number of non-ortho nitro benzene ring substituents is 1. The van der Waals surface area contributed by atoms with Gasteiger partial charge >= 0.3 is 0 Å². The molecule has 0 bridgehead atoms. The van der Waals surface area contributed by atoms with Crippen molar-refractivity contribution in [3.05, 3.63) is 131 Å². The van der Waals surface area contributed by atoms with Gasteiger partial charge in [0.25, 0.3) is 5.69 Å². The zero-order valence-electron chi connectivity index (χ0n) is 15.8. The van der Waals surface area contributed by atoms with Gasteiger partial charge in [-0.1, -0.05) is 103 Å². The molecule has 0 radical (unpaired) electrons. The first-order valence-electron chi connectivity index (χ1n) is 9.36. The Hall–Kier alpha value is -3.42. The van der Waals surface area contributed by atoms with Crippen molar-refractivity contribution in [3.63, 3.8) is 0 Å². The lowest BCUT2D eigenvalue weighted by molar-refractivity contribution is -0.384. The molecule has 0 amide bonds. The molecule has 0 atom stereocenters. The third kappa shape index (κ3) is 3.78. The van der Waals surface area contributed by atoms with Crippen molar-refractivity contribution in [3.8, 4) is 0 Å². The smallest absolute Gasteiger partial charge is 0.258 e. The van der Waals surface area contributed by atoms with Crippen LogP contribution in [-0.4, -0.2) is 10.7 Å². The molecule has 0 unspecified atom stereocenters. The number of hydrogen-bond acceptors (Lipinski definition) is 2. The molecule has 3 nitrogen and oxygen atoms in total. The van der Waals surface area contributed by atoms with Crippen LogP contribution < -0.4 is 15.9 Å². The lowest BCUT2D eigenvalue weighted by atomic mass is 10.2. The molecule has 0 spiro atoms. The van der Waals surface area contributed by atoms with Crippen molar-refractivity contribution in [1.29, 1.82) is 0 Å². The second-order valence-corrected chi connectivity index (χ2v) is 9.96. The molecular weight excluding hydrogens is 377 g/mol. The highest BCUT2D eigenvalue weighted by molar-refractivity contribution is 7.94. The third-order valence-electron chi connectivity index (χ3n) is 4.91. The summed E-state index contributed by atoms with van der Waals surface area (Å²) in [7, 11) is 0. The van der Waals surface area contributed by atoms with Gasteiger partial charge in [-0.15, -0.1) is 0 Å². The summed E-state index contributed by atoms with van der Waals surface area (Å²) in [4.78, 5) is 11.0. The summed E-state index contributed by atoms with van der Waals surface area (Å²) in [6.45, 7) is -2.17. The summed E-state index contributed by atoms with van der Waals surface area (Å²) in [5.41, 5.74) is 0.954. The van der Waals surface area contributed by atoms with Crippen LogP contribution in [0.1, 0.15) is 5.56 Å². The number of hydrogen-bond donors (Lipinski definition) is 0. The minimum Gasteiger partial charge on any atom is -0.258 e. The van der Waals surface area contributed by atoms with E-state index in [1.165, 1.54) is 22.0 Å². The van der Waals surface area contributed by atoms with Crippen molar-refractivity contribution < 1.29 is 4.92 Å². The predicted octanol–water partition coefficient (Wildman–Crippen LogP) is 4.74. The van der Waals surface area contributed by atoms with E-state index >= 15 is 0 Å². The Kier molecular flexibility index (Phi) is 5.41. The van der Waals surface area contributed by atoms with Crippen LogP contribution in [0, 0.1) is 10.1 Å². The first-order chi connectivity index (χ1) is 14.2. The maximum absolute atomic E-state index is 11.3. The molecule has 0 aliphatic rings. The van der Waals surface area contributed by atoms with Gasteiger partial charge in [-0.25, -0.2) is 0 Å². The molecule has 29 heavy (non-hydrogen) atoms. The van der Waals surface area contributed by atoms with Gasteiger partial charge in [-0.05, 0) is 34.2 Å². The van der Waals surface area contributed by atoms with E-state index in [9.17, 15) is 10.1 Å². The van der Waals surface area contributed by atoms with Crippen LogP contribution in [0.2, 0.25) is 0 Å². The van der Waals surface area contributed by atoms with Gasteiger partial charge in [0.2, 0.25) is 0 Å². The van der Waals surface area contributed by atoms with Crippen LogP contribution in [0.25, 0.3) is 0 Å². The maximum atomic E-state index is 11.3. The van der Waals surface area contributed by atoms with E-state index in [-0.39, 0.29) is 10.6 Å². The molecule has 0 aliphatic heterocycles. The molecular formula is C25H20NO2P. The highest BCUT2D eigenvalue weighted by Crippen LogP contribution is 2.44. The molecule has 0 heterocycles. The average molecular weight is 397 g/mol. The van der Waals surface area contributed by atoms with Crippen LogP contribution in [0.15, 0.2) is 115 Å². The number of benzene rings is 4. The highest BCUT2D eigenvalue weighted by atomic mass is 31.2. The van der Waals surface area contributed by atoms with Gasteiger partial charge in [0, 0.05) is 12.1 Å². The van der Waals surface area contributed by atoms with Crippen molar-refractivity contribution in [2.24, 2.45) is 0 Å². The van der Waals surface area contributed by atoms with Gasteiger partial charge in [0.15, 0.2) is 0 Å². The summed E-state index contributed by atoms with van der Waals surface area (Å²) in [6, 6.07) is 38.2. The minimum absolute atomic E-state index is 0.103. The Labute approximate surface area is 170 Å². The van der Waals surface area contributed by atoms with E-state index in [0.717, 1.165) is 5.56 Å². The molecule has 142 valence electrons. The van der Waals surface area contributed by atoms with Crippen LogP contribution >= 0.6 is 6.89 Å². The fraction of sp³-hybridized carbons (Fsp3) is 0. The number of nitro benzene ring substituents is 1. The van der Waals surface area contributed by atoms with Crippen LogP contribution in [0.5, 0.6) is 0 Å². The van der Waals surface area contributed by atoms with Crippen molar-refractivity contribution in [2.45, 2.75) is 0 Å². The van der Waals surface area contributed by atoms with Gasteiger partial charge in [0.1, 0.15) is 0 Å². The Balaban J connectivity index is 2.11. The average Bonchev–Trinajstić information content (AvgIpc) is 2.79. The summed E-state index contributed by atoms with van der Waals surface area (Å²) >= 11 is 0. The molecule has 4 aromatic carbocycles. The Morgan fingerprint density at radius 1 is 0.621 bits per heavy atom. The van der Waals surface area contributed by atoms with E-state index in [4.69, 9.17) is 0 Å². The summed E-state index contributed by atoms with van der Waals surface area (Å²) in [5, 5.41) is 15.0. The van der Waals surface area contributed by atoms with E-state index in [2.05, 4.69) is 78.6 Å². The van der Waals surface area contributed by atoms with E-state index < -0.39 is 6.89 Å². The van der Waals surface area contributed by atoms with Crippen molar-refractivity contribution in [1.82, 2.24) is 0 Å². The van der Waals surface area contributed by atoms with E-state index in [1.807, 2.05) is 24.3 Å². The first-order valence-corrected chi connectivity index (χ1v) is 11.2. The lowest BCUT2D eigenvalue weighted by Gasteiger charge is -2.28. The van der Waals surface area contributed by atoms with Crippen LogP contribution in [-0.2, 0) is 0 Å². The van der Waals surface area contributed by atoms with Crippen LogP contribution in [0.3, 0.4) is 0 Å². The summed E-state index contributed by atoms with van der Waals surface area (Å²) < 4.78 is 0. The predicted molar refractivity (Wildman–Crippen MR) is 123 cm³/mol. The fourth-order valence-corrected chi connectivity index (χ4v) is 7.48. The second kappa shape index (κ2) is 8.30. The normalized spacial score (nSPS) is 11.0. The molecule has 0 saturated carbocycles. The first kappa shape index (κ1) is 18.9. The molecule has 0 N–H and O–H groups in total.